The number of benzene rings is 3. The van der Waals surface area contributed by atoms with Crippen molar-refractivity contribution in [2.45, 2.75) is 18.5 Å². The number of fused-ring (bicyclic) bond motifs is 1. The summed E-state index contributed by atoms with van der Waals surface area (Å²) < 4.78 is 39.2. The molecular formula is C25H26N2O5S. The van der Waals surface area contributed by atoms with Crippen molar-refractivity contribution in [3.8, 4) is 5.75 Å². The topological polar surface area (TPSA) is 84.9 Å². The molecule has 0 bridgehead atoms. The number of hydrogen-bond donors (Lipinski definition) is 1. The molecule has 0 spiro atoms. The number of carbonyl (C=O) groups is 1. The number of carbonyl (C=O) groups excluding carboxylic acids is 1. The van der Waals surface area contributed by atoms with Crippen molar-refractivity contribution in [2.75, 3.05) is 24.0 Å². The SMILES string of the molecule is O=C(NCCOCc1ccccc1)C1CN(S(=O)(=O)Cc2ccccc2)c2ccccc2O1. The molecule has 0 saturated heterocycles. The smallest absolute Gasteiger partial charge is 0.263 e. The molecule has 1 heterocycles. The number of ether oxygens (including phenoxy) is 2. The van der Waals surface area contributed by atoms with Crippen LogP contribution in [0.4, 0.5) is 5.69 Å². The summed E-state index contributed by atoms with van der Waals surface area (Å²) in [5, 5.41) is 2.78. The van der Waals surface area contributed by atoms with Gasteiger partial charge in [-0.25, -0.2) is 8.42 Å². The minimum atomic E-state index is -3.73. The summed E-state index contributed by atoms with van der Waals surface area (Å²) in [6.45, 7) is 0.988. The lowest BCUT2D eigenvalue weighted by Crippen LogP contribution is -2.51. The molecule has 0 saturated carbocycles. The molecule has 172 valence electrons. The number of para-hydroxylation sites is 2. The van der Waals surface area contributed by atoms with E-state index in [1.165, 1.54) is 4.31 Å². The van der Waals surface area contributed by atoms with Crippen LogP contribution in [0, 0.1) is 0 Å². The number of nitrogens with zero attached hydrogens (tertiary/aromatic N) is 1. The third-order valence-electron chi connectivity index (χ3n) is 5.21. The Morgan fingerprint density at radius 1 is 0.939 bits per heavy atom. The molecule has 1 N–H and O–H groups in total. The van der Waals surface area contributed by atoms with E-state index in [4.69, 9.17) is 9.47 Å². The summed E-state index contributed by atoms with van der Waals surface area (Å²) in [4.78, 5) is 12.8. The van der Waals surface area contributed by atoms with Gasteiger partial charge in [0.1, 0.15) is 5.75 Å². The van der Waals surface area contributed by atoms with Crippen molar-refractivity contribution in [1.82, 2.24) is 5.32 Å². The first-order valence-corrected chi connectivity index (χ1v) is 12.3. The number of rotatable bonds is 9. The van der Waals surface area contributed by atoms with E-state index in [0.717, 1.165) is 5.56 Å². The summed E-state index contributed by atoms with van der Waals surface area (Å²) in [5.74, 6) is -0.183. The number of sulfonamides is 1. The molecule has 4 rings (SSSR count). The first kappa shape index (κ1) is 22.8. The van der Waals surface area contributed by atoms with Gasteiger partial charge in [0.05, 0.1) is 31.2 Å². The Bertz CT molecular complexity index is 1170. The first-order chi connectivity index (χ1) is 16.0. The highest BCUT2D eigenvalue weighted by Crippen LogP contribution is 2.35. The van der Waals surface area contributed by atoms with Gasteiger partial charge in [-0.1, -0.05) is 72.8 Å². The Morgan fingerprint density at radius 2 is 1.58 bits per heavy atom. The van der Waals surface area contributed by atoms with Crippen LogP contribution in [-0.2, 0) is 31.9 Å². The van der Waals surface area contributed by atoms with Gasteiger partial charge in [-0.15, -0.1) is 0 Å². The van der Waals surface area contributed by atoms with Crippen LogP contribution in [0.25, 0.3) is 0 Å². The molecule has 8 heteroatoms. The minimum Gasteiger partial charge on any atom is -0.476 e. The van der Waals surface area contributed by atoms with Crippen molar-refractivity contribution < 1.29 is 22.7 Å². The van der Waals surface area contributed by atoms with Gasteiger partial charge in [0.15, 0.2) is 6.10 Å². The maximum absolute atomic E-state index is 13.2. The zero-order chi connectivity index (χ0) is 23.1. The van der Waals surface area contributed by atoms with Crippen LogP contribution in [0.1, 0.15) is 11.1 Å². The van der Waals surface area contributed by atoms with Crippen molar-refractivity contribution in [2.24, 2.45) is 0 Å². The minimum absolute atomic E-state index is 0.0944. The Hall–Kier alpha value is -3.36. The maximum atomic E-state index is 13.2. The predicted octanol–water partition coefficient (Wildman–Crippen LogP) is 3.12. The van der Waals surface area contributed by atoms with E-state index in [1.807, 2.05) is 36.4 Å². The number of amides is 1. The first-order valence-electron chi connectivity index (χ1n) is 10.7. The van der Waals surface area contributed by atoms with E-state index >= 15 is 0 Å². The highest BCUT2D eigenvalue weighted by molar-refractivity contribution is 7.92. The van der Waals surface area contributed by atoms with E-state index in [9.17, 15) is 13.2 Å². The lowest BCUT2D eigenvalue weighted by atomic mass is 10.2. The predicted molar refractivity (Wildman–Crippen MR) is 126 cm³/mol. The van der Waals surface area contributed by atoms with Gasteiger partial charge in [0, 0.05) is 6.54 Å². The second-order valence-corrected chi connectivity index (χ2v) is 9.57. The van der Waals surface area contributed by atoms with E-state index in [0.29, 0.717) is 36.8 Å². The normalized spacial score (nSPS) is 15.4. The summed E-state index contributed by atoms with van der Waals surface area (Å²) in [6, 6.07) is 25.6. The molecule has 1 unspecified atom stereocenters. The fourth-order valence-corrected chi connectivity index (χ4v) is 5.17. The summed E-state index contributed by atoms with van der Waals surface area (Å²) in [5.41, 5.74) is 2.16. The van der Waals surface area contributed by atoms with Crippen molar-refractivity contribution in [3.63, 3.8) is 0 Å². The lowest BCUT2D eigenvalue weighted by molar-refractivity contribution is -0.128. The van der Waals surface area contributed by atoms with Crippen molar-refractivity contribution >= 4 is 21.6 Å². The third kappa shape index (κ3) is 5.91. The second kappa shape index (κ2) is 10.5. The highest BCUT2D eigenvalue weighted by atomic mass is 32.2. The van der Waals surface area contributed by atoms with E-state index in [-0.39, 0.29) is 18.2 Å². The van der Waals surface area contributed by atoms with E-state index < -0.39 is 16.1 Å². The van der Waals surface area contributed by atoms with Gasteiger partial charge in [-0.2, -0.15) is 0 Å². The fourth-order valence-electron chi connectivity index (χ4n) is 3.59. The Balaban J connectivity index is 1.38. The zero-order valence-corrected chi connectivity index (χ0v) is 18.9. The average molecular weight is 467 g/mol. The largest absolute Gasteiger partial charge is 0.476 e. The third-order valence-corrected chi connectivity index (χ3v) is 6.93. The standard InChI is InChI=1S/C25H26N2O5S/c28-25(26-15-16-31-18-20-9-3-1-4-10-20)24-17-27(22-13-7-8-14-23(22)32-24)33(29,30)19-21-11-5-2-6-12-21/h1-14,24H,15-19H2,(H,26,28). The van der Waals surface area contributed by atoms with Crippen LogP contribution in [0.2, 0.25) is 0 Å². The van der Waals surface area contributed by atoms with Gasteiger partial charge in [-0.05, 0) is 23.3 Å². The van der Waals surface area contributed by atoms with Gasteiger partial charge >= 0.3 is 0 Å². The molecule has 0 aromatic heterocycles. The molecule has 33 heavy (non-hydrogen) atoms. The lowest BCUT2D eigenvalue weighted by Gasteiger charge is -2.34. The second-order valence-electron chi connectivity index (χ2n) is 7.68. The summed E-state index contributed by atoms with van der Waals surface area (Å²) in [6.07, 6.45) is -0.959. The van der Waals surface area contributed by atoms with Crippen LogP contribution in [0.15, 0.2) is 84.9 Å². The van der Waals surface area contributed by atoms with Crippen LogP contribution < -0.4 is 14.4 Å². The van der Waals surface area contributed by atoms with Gasteiger partial charge in [0.2, 0.25) is 10.0 Å². The van der Waals surface area contributed by atoms with Gasteiger partial charge < -0.3 is 14.8 Å². The van der Waals surface area contributed by atoms with Crippen LogP contribution >= 0.6 is 0 Å². The molecule has 3 aromatic carbocycles. The average Bonchev–Trinajstić information content (AvgIpc) is 2.84. The van der Waals surface area contributed by atoms with Crippen molar-refractivity contribution in [3.05, 3.63) is 96.1 Å². The van der Waals surface area contributed by atoms with Crippen molar-refractivity contribution in [1.29, 1.82) is 0 Å². The maximum Gasteiger partial charge on any atom is 0.263 e. The Labute approximate surface area is 194 Å². The monoisotopic (exact) mass is 466 g/mol. The van der Waals surface area contributed by atoms with Gasteiger partial charge in [0.25, 0.3) is 5.91 Å². The van der Waals surface area contributed by atoms with E-state index in [1.54, 1.807) is 48.5 Å². The van der Waals surface area contributed by atoms with Gasteiger partial charge in [-0.3, -0.25) is 9.10 Å². The molecule has 1 aliphatic heterocycles. The molecule has 0 fully saturated rings. The zero-order valence-electron chi connectivity index (χ0n) is 18.1. The molecule has 1 aliphatic rings. The number of hydrogen-bond acceptors (Lipinski definition) is 5. The molecule has 0 aliphatic carbocycles. The Kier molecular flexibility index (Phi) is 7.26. The molecule has 1 amide bonds. The molecule has 3 aromatic rings. The number of nitrogens with one attached hydrogen (secondary N) is 1. The van der Waals surface area contributed by atoms with E-state index in [2.05, 4.69) is 5.32 Å². The van der Waals surface area contributed by atoms with Crippen LogP contribution in [-0.4, -0.2) is 40.1 Å². The van der Waals surface area contributed by atoms with Crippen LogP contribution in [0.3, 0.4) is 0 Å². The fraction of sp³-hybridized carbons (Fsp3) is 0.240. The summed E-state index contributed by atoms with van der Waals surface area (Å²) >= 11 is 0. The summed E-state index contributed by atoms with van der Waals surface area (Å²) in [7, 11) is -3.73. The Morgan fingerprint density at radius 3 is 2.30 bits per heavy atom. The molecule has 1 atom stereocenters. The van der Waals surface area contributed by atoms with Crippen LogP contribution in [0.5, 0.6) is 5.75 Å². The number of anilines is 1. The molecule has 7 nitrogen and oxygen atoms in total. The quantitative estimate of drug-likeness (QED) is 0.490. The molecule has 0 radical (unpaired) electrons. The molecular weight excluding hydrogens is 440 g/mol. The highest BCUT2D eigenvalue weighted by Gasteiger charge is 2.36.